The first-order valence-electron chi connectivity index (χ1n) is 3.74. The van der Waals surface area contributed by atoms with E-state index in [0.717, 1.165) is 7.11 Å². The number of H-pyrrole nitrogens is 1. The molecule has 1 N–H and O–H groups in total. The molecule has 0 saturated carbocycles. The fourth-order valence-electron chi connectivity index (χ4n) is 0.996. The normalized spacial score (nSPS) is 11.2. The van der Waals surface area contributed by atoms with E-state index in [1.165, 1.54) is 0 Å². The number of rotatable bonds is 2. The number of aromatic amines is 1. The second kappa shape index (κ2) is 3.76. The first-order chi connectivity index (χ1) is 6.90. The van der Waals surface area contributed by atoms with E-state index < -0.39 is 17.3 Å². The summed E-state index contributed by atoms with van der Waals surface area (Å²) in [6.45, 7) is 0. The molecule has 0 spiro atoms. The van der Waals surface area contributed by atoms with E-state index in [0.29, 0.717) is 6.07 Å². The molecular formula is C8H6F3NO3. The third-order valence-corrected chi connectivity index (χ3v) is 1.67. The number of aldehydes is 1. The third kappa shape index (κ3) is 2.17. The van der Waals surface area contributed by atoms with E-state index in [9.17, 15) is 22.8 Å². The maximum absolute atomic E-state index is 12.2. The van der Waals surface area contributed by atoms with Gasteiger partial charge in [0.15, 0.2) is 6.29 Å². The molecule has 0 aliphatic heterocycles. The minimum Gasteiger partial charge on any atom is -0.482 e. The average Bonchev–Trinajstić information content (AvgIpc) is 2.15. The van der Waals surface area contributed by atoms with Gasteiger partial charge in [0.25, 0.3) is 5.56 Å². The SMILES string of the molecule is COc1[nH]c(=O)c(C(F)(F)F)cc1C=O. The van der Waals surface area contributed by atoms with Crippen LogP contribution in [0.5, 0.6) is 5.88 Å². The Morgan fingerprint density at radius 3 is 2.47 bits per heavy atom. The fourth-order valence-corrected chi connectivity index (χ4v) is 0.996. The minimum absolute atomic E-state index is 0.171. The van der Waals surface area contributed by atoms with Crippen LogP contribution in [0.3, 0.4) is 0 Å². The summed E-state index contributed by atoms with van der Waals surface area (Å²) in [7, 11) is 1.13. The molecule has 0 radical (unpaired) electrons. The van der Waals surface area contributed by atoms with Crippen molar-refractivity contribution in [2.75, 3.05) is 7.11 Å². The van der Waals surface area contributed by atoms with Crippen molar-refractivity contribution in [3.8, 4) is 5.88 Å². The molecule has 0 amide bonds. The summed E-state index contributed by atoms with van der Waals surface area (Å²) >= 11 is 0. The molecule has 0 aromatic carbocycles. The number of nitrogens with one attached hydrogen (secondary N) is 1. The number of hydrogen-bond donors (Lipinski definition) is 1. The molecule has 1 aromatic heterocycles. The van der Waals surface area contributed by atoms with Gasteiger partial charge in [-0.25, -0.2) is 0 Å². The summed E-state index contributed by atoms with van der Waals surface area (Å²) in [5.74, 6) is -0.289. The van der Waals surface area contributed by atoms with Gasteiger partial charge in [0, 0.05) is 0 Å². The first-order valence-corrected chi connectivity index (χ1v) is 3.74. The van der Waals surface area contributed by atoms with Gasteiger partial charge in [0.05, 0.1) is 12.7 Å². The van der Waals surface area contributed by atoms with Crippen LogP contribution in [0, 0.1) is 0 Å². The van der Waals surface area contributed by atoms with E-state index in [1.807, 2.05) is 4.98 Å². The van der Waals surface area contributed by atoms with Crippen molar-refractivity contribution in [3.05, 3.63) is 27.5 Å². The largest absolute Gasteiger partial charge is 0.482 e. The average molecular weight is 221 g/mol. The molecule has 7 heteroatoms. The van der Waals surface area contributed by atoms with Crippen molar-refractivity contribution in [2.24, 2.45) is 0 Å². The first kappa shape index (κ1) is 11.3. The predicted molar refractivity (Wildman–Crippen MR) is 44.0 cm³/mol. The van der Waals surface area contributed by atoms with E-state index >= 15 is 0 Å². The van der Waals surface area contributed by atoms with Gasteiger partial charge in [-0.3, -0.25) is 14.6 Å². The van der Waals surface area contributed by atoms with Crippen LogP contribution in [0.25, 0.3) is 0 Å². The maximum atomic E-state index is 12.2. The van der Waals surface area contributed by atoms with Gasteiger partial charge in [0.2, 0.25) is 5.88 Å². The lowest BCUT2D eigenvalue weighted by Crippen LogP contribution is -2.22. The topological polar surface area (TPSA) is 59.2 Å². The predicted octanol–water partition coefficient (Wildman–Crippen LogP) is 1.21. The molecule has 0 aliphatic rings. The zero-order chi connectivity index (χ0) is 11.6. The molecule has 0 aliphatic carbocycles. The van der Waals surface area contributed by atoms with Gasteiger partial charge in [-0.15, -0.1) is 0 Å². The van der Waals surface area contributed by atoms with Crippen LogP contribution in [-0.4, -0.2) is 18.4 Å². The van der Waals surface area contributed by atoms with Crippen molar-refractivity contribution < 1.29 is 22.7 Å². The number of aromatic nitrogens is 1. The summed E-state index contributed by atoms with van der Waals surface area (Å²) in [4.78, 5) is 23.2. The highest BCUT2D eigenvalue weighted by atomic mass is 19.4. The lowest BCUT2D eigenvalue weighted by molar-refractivity contribution is -0.138. The van der Waals surface area contributed by atoms with Crippen LogP contribution in [-0.2, 0) is 6.18 Å². The molecule has 82 valence electrons. The van der Waals surface area contributed by atoms with Crippen molar-refractivity contribution in [2.45, 2.75) is 6.18 Å². The number of halogens is 3. The Bertz CT molecular complexity index is 436. The Labute approximate surface area is 81.7 Å². The van der Waals surface area contributed by atoms with E-state index in [-0.39, 0.29) is 17.7 Å². The van der Waals surface area contributed by atoms with E-state index in [1.54, 1.807) is 0 Å². The molecule has 15 heavy (non-hydrogen) atoms. The second-order valence-electron chi connectivity index (χ2n) is 2.62. The molecule has 4 nitrogen and oxygen atoms in total. The quantitative estimate of drug-likeness (QED) is 0.763. The van der Waals surface area contributed by atoms with Crippen molar-refractivity contribution in [1.82, 2.24) is 4.98 Å². The summed E-state index contributed by atoms with van der Waals surface area (Å²) in [6, 6.07) is 0.449. The standard InChI is InChI=1S/C8H6F3NO3/c1-15-7-4(3-13)2-5(6(14)12-7)8(9,10)11/h2-3H,1H3,(H,12,14). The van der Waals surface area contributed by atoms with Gasteiger partial charge < -0.3 is 4.74 Å². The monoisotopic (exact) mass is 221 g/mol. The highest BCUT2D eigenvalue weighted by Crippen LogP contribution is 2.27. The second-order valence-corrected chi connectivity index (χ2v) is 2.62. The van der Waals surface area contributed by atoms with Crippen LogP contribution in [0.4, 0.5) is 13.2 Å². The minimum atomic E-state index is -4.79. The number of alkyl halides is 3. The summed E-state index contributed by atoms with van der Waals surface area (Å²) in [5, 5.41) is 0. The Morgan fingerprint density at radius 2 is 2.07 bits per heavy atom. The molecule has 0 unspecified atom stereocenters. The van der Waals surface area contributed by atoms with E-state index in [4.69, 9.17) is 0 Å². The van der Waals surface area contributed by atoms with Crippen molar-refractivity contribution in [1.29, 1.82) is 0 Å². The van der Waals surface area contributed by atoms with Crippen LogP contribution < -0.4 is 10.3 Å². The Hall–Kier alpha value is -1.79. The van der Waals surface area contributed by atoms with Gasteiger partial charge in [-0.1, -0.05) is 0 Å². The Kier molecular flexibility index (Phi) is 2.83. The Morgan fingerprint density at radius 1 is 1.47 bits per heavy atom. The molecule has 1 aromatic rings. The number of pyridine rings is 1. The summed E-state index contributed by atoms with van der Waals surface area (Å²) in [6.07, 6.45) is -4.62. The molecule has 0 saturated heterocycles. The fraction of sp³-hybridized carbons (Fsp3) is 0.250. The number of carbonyl (C=O) groups excluding carboxylic acids is 1. The molecule has 0 fully saturated rings. The zero-order valence-corrected chi connectivity index (χ0v) is 7.51. The van der Waals surface area contributed by atoms with Crippen molar-refractivity contribution >= 4 is 6.29 Å². The molecule has 0 bridgehead atoms. The maximum Gasteiger partial charge on any atom is 0.421 e. The van der Waals surface area contributed by atoms with Gasteiger partial charge in [-0.2, -0.15) is 13.2 Å². The van der Waals surface area contributed by atoms with Gasteiger partial charge in [0.1, 0.15) is 5.56 Å². The van der Waals surface area contributed by atoms with Gasteiger partial charge >= 0.3 is 6.18 Å². The third-order valence-electron chi connectivity index (χ3n) is 1.67. The number of methoxy groups -OCH3 is 1. The molecule has 1 rings (SSSR count). The summed E-state index contributed by atoms with van der Waals surface area (Å²) < 4.78 is 41.2. The number of carbonyl (C=O) groups is 1. The molecular weight excluding hydrogens is 215 g/mol. The highest BCUT2D eigenvalue weighted by molar-refractivity contribution is 5.78. The van der Waals surface area contributed by atoms with Crippen LogP contribution in [0.15, 0.2) is 10.9 Å². The highest BCUT2D eigenvalue weighted by Gasteiger charge is 2.34. The lowest BCUT2D eigenvalue weighted by atomic mass is 10.2. The molecule has 0 atom stereocenters. The van der Waals surface area contributed by atoms with Crippen LogP contribution in [0.1, 0.15) is 15.9 Å². The number of ether oxygens (including phenoxy) is 1. The lowest BCUT2D eigenvalue weighted by Gasteiger charge is -2.08. The molecule has 1 heterocycles. The number of hydrogen-bond acceptors (Lipinski definition) is 3. The van der Waals surface area contributed by atoms with Crippen LogP contribution in [0.2, 0.25) is 0 Å². The van der Waals surface area contributed by atoms with Crippen LogP contribution >= 0.6 is 0 Å². The van der Waals surface area contributed by atoms with Crippen molar-refractivity contribution in [3.63, 3.8) is 0 Å². The zero-order valence-electron chi connectivity index (χ0n) is 7.51. The summed E-state index contributed by atoms with van der Waals surface area (Å²) in [5.41, 5.74) is -3.13. The van der Waals surface area contributed by atoms with Gasteiger partial charge in [-0.05, 0) is 6.07 Å². The van der Waals surface area contributed by atoms with E-state index in [2.05, 4.69) is 4.74 Å². The smallest absolute Gasteiger partial charge is 0.421 e. The Balaban J connectivity index is 3.46.